The lowest BCUT2D eigenvalue weighted by molar-refractivity contribution is -0.124. The molecule has 18 heavy (non-hydrogen) atoms. The van der Waals surface area contributed by atoms with Gasteiger partial charge in [0.15, 0.2) is 6.23 Å². The summed E-state index contributed by atoms with van der Waals surface area (Å²) in [5.74, 6) is -0.326. The second-order valence-electron chi connectivity index (χ2n) is 3.38. The Balaban J connectivity index is 2.81. The van der Waals surface area contributed by atoms with Crippen LogP contribution in [0.1, 0.15) is 13.3 Å². The van der Waals surface area contributed by atoms with Gasteiger partial charge in [0.1, 0.15) is 0 Å². The summed E-state index contributed by atoms with van der Waals surface area (Å²) in [4.78, 5) is 22.8. The van der Waals surface area contributed by atoms with Crippen LogP contribution in [0, 0.1) is 0 Å². The van der Waals surface area contributed by atoms with Gasteiger partial charge in [-0.05, 0) is 12.5 Å². The lowest BCUT2D eigenvalue weighted by Crippen LogP contribution is -2.32. The lowest BCUT2D eigenvalue weighted by atomic mass is 10.3. The monoisotopic (exact) mass is 252 g/mol. The first-order chi connectivity index (χ1) is 8.56. The van der Waals surface area contributed by atoms with E-state index in [1.165, 1.54) is 0 Å². The Morgan fingerprint density at radius 2 is 2.06 bits per heavy atom. The number of hydrogen-bond acceptors (Lipinski definition) is 8. The van der Waals surface area contributed by atoms with Gasteiger partial charge in [0.25, 0.3) is 0 Å². The van der Waals surface area contributed by atoms with Gasteiger partial charge in [-0.1, -0.05) is 13.5 Å². The van der Waals surface area contributed by atoms with E-state index in [1.807, 2.05) is 6.92 Å². The molecule has 0 saturated carbocycles. The second kappa shape index (κ2) is 6.50. The Bertz CT molecular complexity index is 416. The average Bonchev–Trinajstić information content (AvgIpc) is 2.32. The number of anilines is 3. The number of carbonyl (C=O) groups is 1. The highest BCUT2D eigenvalue weighted by molar-refractivity contribution is 5.94. The molecule has 0 aliphatic rings. The zero-order valence-corrected chi connectivity index (χ0v) is 10.1. The van der Waals surface area contributed by atoms with Gasteiger partial charge in [-0.25, -0.2) is 0 Å². The van der Waals surface area contributed by atoms with Crippen molar-refractivity contribution in [3.8, 4) is 0 Å². The van der Waals surface area contributed by atoms with Crippen molar-refractivity contribution in [3.05, 3.63) is 12.7 Å². The van der Waals surface area contributed by atoms with Gasteiger partial charge in [0, 0.05) is 6.61 Å². The lowest BCUT2D eigenvalue weighted by Gasteiger charge is -2.16. The van der Waals surface area contributed by atoms with Gasteiger partial charge in [0.05, 0.1) is 0 Å². The molecule has 0 saturated heterocycles. The van der Waals surface area contributed by atoms with Crippen LogP contribution in [0.5, 0.6) is 0 Å². The summed E-state index contributed by atoms with van der Waals surface area (Å²) in [6, 6.07) is 0. The highest BCUT2D eigenvalue weighted by atomic mass is 16.5. The molecule has 0 radical (unpaired) electrons. The molecule has 5 N–H and O–H groups in total. The van der Waals surface area contributed by atoms with Crippen LogP contribution in [-0.2, 0) is 9.53 Å². The van der Waals surface area contributed by atoms with Crippen molar-refractivity contribution >= 4 is 23.6 Å². The first-order valence-electron chi connectivity index (χ1n) is 5.38. The first-order valence-corrected chi connectivity index (χ1v) is 5.38. The van der Waals surface area contributed by atoms with Gasteiger partial charge in [0.2, 0.25) is 23.6 Å². The van der Waals surface area contributed by atoms with Gasteiger partial charge in [-0.3, -0.25) is 4.79 Å². The van der Waals surface area contributed by atoms with E-state index in [9.17, 15) is 4.79 Å². The number of ether oxygens (including phenoxy) is 1. The first kappa shape index (κ1) is 13.8. The van der Waals surface area contributed by atoms with E-state index in [0.29, 0.717) is 6.61 Å². The number of hydrogen-bond donors (Lipinski definition) is 3. The number of rotatable bonds is 7. The molecule has 1 atom stereocenters. The molecule has 8 nitrogen and oxygen atoms in total. The molecule has 0 aliphatic heterocycles. The third kappa shape index (κ3) is 3.98. The molecule has 1 unspecified atom stereocenters. The molecule has 1 aromatic rings. The molecule has 8 heteroatoms. The summed E-state index contributed by atoms with van der Waals surface area (Å²) >= 11 is 0. The summed E-state index contributed by atoms with van der Waals surface area (Å²) in [6.45, 7) is 5.73. The number of nitrogens with two attached hydrogens (primary N) is 2. The van der Waals surface area contributed by atoms with Crippen molar-refractivity contribution in [1.29, 1.82) is 0 Å². The van der Waals surface area contributed by atoms with Crippen molar-refractivity contribution in [2.75, 3.05) is 23.4 Å². The quantitative estimate of drug-likeness (QED) is 0.455. The van der Waals surface area contributed by atoms with Crippen molar-refractivity contribution in [1.82, 2.24) is 15.0 Å². The fraction of sp³-hybridized carbons (Fsp3) is 0.400. The molecule has 0 spiro atoms. The predicted octanol–water partition coefficient (Wildman–Crippen LogP) is -0.0443. The van der Waals surface area contributed by atoms with Crippen LogP contribution in [-0.4, -0.2) is 33.6 Å². The highest BCUT2D eigenvalue weighted by Crippen LogP contribution is 2.07. The molecule has 1 aromatic heterocycles. The third-order valence-corrected chi connectivity index (χ3v) is 1.88. The van der Waals surface area contributed by atoms with Crippen LogP contribution in [0.3, 0.4) is 0 Å². The van der Waals surface area contributed by atoms with E-state index in [2.05, 4.69) is 26.8 Å². The molecule has 1 rings (SSSR count). The van der Waals surface area contributed by atoms with E-state index in [0.717, 1.165) is 12.5 Å². The number of nitrogens with one attached hydrogen (secondary N) is 1. The van der Waals surface area contributed by atoms with Gasteiger partial charge in [-0.15, -0.1) is 0 Å². The maximum Gasteiger partial charge on any atom is 0.231 e. The molecule has 0 aromatic carbocycles. The van der Waals surface area contributed by atoms with Crippen LogP contribution < -0.4 is 16.8 Å². The maximum atomic E-state index is 11.6. The number of nitrogen functional groups attached to an aromatic ring is 2. The summed E-state index contributed by atoms with van der Waals surface area (Å²) in [7, 11) is 0. The number of ketones is 1. The number of nitrogens with zero attached hydrogens (tertiary/aromatic N) is 3. The minimum Gasteiger partial charge on any atom is -0.368 e. The topological polar surface area (TPSA) is 129 Å². The van der Waals surface area contributed by atoms with Crippen LogP contribution in [0.25, 0.3) is 0 Å². The van der Waals surface area contributed by atoms with Gasteiger partial charge >= 0.3 is 0 Å². The average molecular weight is 252 g/mol. The number of carbonyl (C=O) groups excluding carboxylic acids is 1. The fourth-order valence-corrected chi connectivity index (χ4v) is 1.13. The van der Waals surface area contributed by atoms with Crippen LogP contribution in [0.4, 0.5) is 17.8 Å². The molecule has 1 heterocycles. The zero-order valence-electron chi connectivity index (χ0n) is 10.1. The Kier molecular flexibility index (Phi) is 5.00. The molecule has 0 amide bonds. The normalized spacial score (nSPS) is 11.8. The minimum absolute atomic E-state index is 0.0368. The fourth-order valence-electron chi connectivity index (χ4n) is 1.13. The Morgan fingerprint density at radius 1 is 1.44 bits per heavy atom. The maximum absolute atomic E-state index is 11.6. The van der Waals surface area contributed by atoms with Crippen LogP contribution in [0.15, 0.2) is 12.7 Å². The molecular weight excluding hydrogens is 236 g/mol. The van der Waals surface area contributed by atoms with Crippen molar-refractivity contribution in [3.63, 3.8) is 0 Å². The summed E-state index contributed by atoms with van der Waals surface area (Å²) in [5.41, 5.74) is 10.8. The summed E-state index contributed by atoms with van der Waals surface area (Å²) < 4.78 is 5.31. The van der Waals surface area contributed by atoms with Crippen molar-refractivity contribution in [2.45, 2.75) is 19.6 Å². The molecule has 0 fully saturated rings. The molecule has 0 bridgehead atoms. The second-order valence-corrected chi connectivity index (χ2v) is 3.38. The predicted molar refractivity (Wildman–Crippen MR) is 67.5 cm³/mol. The van der Waals surface area contributed by atoms with Crippen LogP contribution in [0.2, 0.25) is 0 Å². The van der Waals surface area contributed by atoms with E-state index < -0.39 is 6.23 Å². The molecule has 98 valence electrons. The van der Waals surface area contributed by atoms with Gasteiger partial charge in [-0.2, -0.15) is 15.0 Å². The summed E-state index contributed by atoms with van der Waals surface area (Å²) in [6.07, 6.45) is 1.01. The standard InChI is InChI=1S/C10H16N6O2/c1-3-5-18-7(6(17)4-2)13-10-15-8(11)14-9(12)16-10/h4,7H,2-3,5H2,1H3,(H5,11,12,13,14,15,16). The van der Waals surface area contributed by atoms with Crippen molar-refractivity contribution in [2.24, 2.45) is 0 Å². The SMILES string of the molecule is C=CC(=O)C(Nc1nc(N)nc(N)n1)OCCC. The van der Waals surface area contributed by atoms with Crippen LogP contribution >= 0.6 is 0 Å². The van der Waals surface area contributed by atoms with E-state index in [-0.39, 0.29) is 23.6 Å². The third-order valence-electron chi connectivity index (χ3n) is 1.88. The number of aromatic nitrogens is 3. The largest absolute Gasteiger partial charge is 0.368 e. The highest BCUT2D eigenvalue weighted by Gasteiger charge is 2.17. The minimum atomic E-state index is -0.913. The summed E-state index contributed by atoms with van der Waals surface area (Å²) in [5, 5.41) is 2.68. The Hall–Kier alpha value is -2.22. The van der Waals surface area contributed by atoms with E-state index in [4.69, 9.17) is 16.2 Å². The smallest absolute Gasteiger partial charge is 0.231 e. The zero-order chi connectivity index (χ0) is 13.5. The van der Waals surface area contributed by atoms with Crippen molar-refractivity contribution < 1.29 is 9.53 Å². The van der Waals surface area contributed by atoms with Gasteiger partial charge < -0.3 is 21.5 Å². The molecule has 0 aliphatic carbocycles. The molecular formula is C10H16N6O2. The van der Waals surface area contributed by atoms with E-state index >= 15 is 0 Å². The Labute approximate surface area is 104 Å². The van der Waals surface area contributed by atoms with E-state index in [1.54, 1.807) is 0 Å². The Morgan fingerprint density at radius 3 is 2.56 bits per heavy atom.